The molecule has 8 heteroatoms. The number of carbonyl (C=O) groups excluding carboxylic acids is 1. The zero-order valence-electron chi connectivity index (χ0n) is 16.7. The van der Waals surface area contributed by atoms with Crippen molar-refractivity contribution in [2.45, 2.75) is 45.6 Å². The Labute approximate surface area is 207 Å². The van der Waals surface area contributed by atoms with Crippen molar-refractivity contribution in [3.8, 4) is 5.75 Å². The van der Waals surface area contributed by atoms with Crippen LogP contribution in [0.1, 0.15) is 64.4 Å². The van der Waals surface area contributed by atoms with E-state index < -0.39 is 11.4 Å². The Morgan fingerprint density at radius 2 is 1.77 bits per heavy atom. The Hall–Kier alpha value is -1.08. The molecule has 4 nitrogen and oxygen atoms in total. The quantitative estimate of drug-likeness (QED) is 0.387. The molecule has 1 atom stereocenters. The van der Waals surface area contributed by atoms with Gasteiger partial charge in [-0.1, -0.05) is 74.8 Å². The Bertz CT molecular complexity index is 1070. The van der Waals surface area contributed by atoms with E-state index in [1.807, 2.05) is 13.0 Å². The number of carbonyl (C=O) groups is 2. The lowest BCUT2D eigenvalue weighted by Gasteiger charge is -2.29. The molecule has 0 amide bonds. The Balaban J connectivity index is 1.62. The second-order valence-electron chi connectivity index (χ2n) is 8.45. The molecule has 0 heterocycles. The molecule has 31 heavy (non-hydrogen) atoms. The molecule has 1 unspecified atom stereocenters. The van der Waals surface area contributed by atoms with E-state index in [0.29, 0.717) is 32.6 Å². The molecule has 2 aliphatic carbocycles. The number of aromatic carboxylic acids is 1. The van der Waals surface area contributed by atoms with E-state index in [4.69, 9.17) is 27.9 Å². The molecule has 2 aliphatic rings. The molecule has 0 bridgehead atoms. The first-order chi connectivity index (χ1) is 14.6. The average molecular weight is 591 g/mol. The zero-order chi connectivity index (χ0) is 22.5. The van der Waals surface area contributed by atoms with E-state index in [1.165, 1.54) is 12.1 Å². The van der Waals surface area contributed by atoms with Gasteiger partial charge in [0.05, 0.1) is 10.6 Å². The molecule has 4 rings (SSSR count). The molecular formula is C23H20Br2Cl2O4. The third-order valence-electron chi connectivity index (χ3n) is 6.57. The van der Waals surface area contributed by atoms with Gasteiger partial charge in [0.2, 0.25) is 0 Å². The number of hydrogen-bond donors (Lipinski definition) is 1. The minimum Gasteiger partial charge on any atom is -0.487 e. The van der Waals surface area contributed by atoms with Crippen molar-refractivity contribution in [1.82, 2.24) is 0 Å². The standard InChI is InChI=1S/C23H20Br2Cl2O4/c1-23(13-4-2-3-5-13)9-12-8-17(19(26)20(27)18(12)21(23)28)31-10-14-15(24)6-11(22(29)30)7-16(14)25/h6-8,13H,2-5,9-10H2,1H3,(H,29,30). The van der Waals surface area contributed by atoms with Gasteiger partial charge in [-0.25, -0.2) is 4.79 Å². The summed E-state index contributed by atoms with van der Waals surface area (Å²) in [6, 6.07) is 4.87. The maximum absolute atomic E-state index is 13.3. The maximum Gasteiger partial charge on any atom is 0.335 e. The van der Waals surface area contributed by atoms with Crippen molar-refractivity contribution >= 4 is 66.8 Å². The van der Waals surface area contributed by atoms with Gasteiger partial charge in [0.1, 0.15) is 17.4 Å². The van der Waals surface area contributed by atoms with Crippen LogP contribution < -0.4 is 4.74 Å². The van der Waals surface area contributed by atoms with Gasteiger partial charge in [0, 0.05) is 25.5 Å². The Morgan fingerprint density at radius 1 is 1.16 bits per heavy atom. The van der Waals surface area contributed by atoms with Crippen molar-refractivity contribution < 1.29 is 19.4 Å². The highest BCUT2D eigenvalue weighted by Gasteiger charge is 2.49. The van der Waals surface area contributed by atoms with Crippen LogP contribution in [0.15, 0.2) is 27.1 Å². The van der Waals surface area contributed by atoms with E-state index in [2.05, 4.69) is 31.9 Å². The molecule has 1 N–H and O–H groups in total. The van der Waals surface area contributed by atoms with Gasteiger partial charge in [-0.3, -0.25) is 4.79 Å². The lowest BCUT2D eigenvalue weighted by atomic mass is 9.73. The first kappa shape index (κ1) is 23.1. The SMILES string of the molecule is CC1(C2CCCC2)Cc2cc(OCc3c(Br)cc(C(=O)O)cc3Br)c(Cl)c(Cl)c2C1=O. The van der Waals surface area contributed by atoms with E-state index >= 15 is 0 Å². The number of ketones is 1. The summed E-state index contributed by atoms with van der Waals surface area (Å²) >= 11 is 19.9. The number of hydrogen-bond acceptors (Lipinski definition) is 3. The predicted octanol–water partition coefficient (Wildman–Crippen LogP) is 7.73. The van der Waals surface area contributed by atoms with E-state index in [0.717, 1.165) is 36.8 Å². The van der Waals surface area contributed by atoms with Crippen LogP contribution in [0.25, 0.3) is 0 Å². The number of carboxylic acid groups (broad SMARTS) is 1. The number of fused-ring (bicyclic) bond motifs is 1. The van der Waals surface area contributed by atoms with Crippen LogP contribution >= 0.6 is 55.1 Å². The van der Waals surface area contributed by atoms with Gasteiger partial charge < -0.3 is 9.84 Å². The first-order valence-corrected chi connectivity index (χ1v) is 12.4. The summed E-state index contributed by atoms with van der Waals surface area (Å²) < 4.78 is 7.19. The zero-order valence-corrected chi connectivity index (χ0v) is 21.4. The number of ether oxygens (including phenoxy) is 1. The summed E-state index contributed by atoms with van der Waals surface area (Å²) in [7, 11) is 0. The molecule has 1 fully saturated rings. The molecular weight excluding hydrogens is 571 g/mol. The van der Waals surface area contributed by atoms with Crippen LogP contribution in [0.2, 0.25) is 10.0 Å². The number of rotatable bonds is 5. The third-order valence-corrected chi connectivity index (χ3v) is 8.84. The lowest BCUT2D eigenvalue weighted by molar-refractivity contribution is 0.0695. The van der Waals surface area contributed by atoms with Gasteiger partial charge >= 0.3 is 5.97 Å². The van der Waals surface area contributed by atoms with Crippen molar-refractivity contribution in [1.29, 1.82) is 0 Å². The highest BCUT2D eigenvalue weighted by molar-refractivity contribution is 9.11. The fourth-order valence-corrected chi connectivity index (χ4v) is 6.73. The fourth-order valence-electron chi connectivity index (χ4n) is 4.81. The first-order valence-electron chi connectivity index (χ1n) is 10.0. The smallest absolute Gasteiger partial charge is 0.335 e. The van der Waals surface area contributed by atoms with Crippen LogP contribution in [-0.4, -0.2) is 16.9 Å². The molecule has 0 spiro atoms. The second kappa shape index (κ2) is 8.69. The van der Waals surface area contributed by atoms with Gasteiger partial charge in [-0.2, -0.15) is 0 Å². The highest BCUT2D eigenvalue weighted by Crippen LogP contribution is 2.52. The summed E-state index contributed by atoms with van der Waals surface area (Å²) in [6.07, 6.45) is 5.10. The highest BCUT2D eigenvalue weighted by atomic mass is 79.9. The fraction of sp³-hybridized carbons (Fsp3) is 0.391. The predicted molar refractivity (Wildman–Crippen MR) is 128 cm³/mol. The van der Waals surface area contributed by atoms with Gasteiger partial charge in [0.25, 0.3) is 0 Å². The topological polar surface area (TPSA) is 63.6 Å². The summed E-state index contributed by atoms with van der Waals surface area (Å²) in [4.78, 5) is 24.5. The number of halogens is 4. The molecule has 0 aromatic heterocycles. The number of Topliss-reactive ketones (excluding diaryl/α,β-unsaturated/α-hetero) is 1. The monoisotopic (exact) mass is 588 g/mol. The van der Waals surface area contributed by atoms with Crippen LogP contribution in [-0.2, 0) is 13.0 Å². The van der Waals surface area contributed by atoms with Gasteiger partial charge in [-0.05, 0) is 48.9 Å². The molecule has 0 saturated heterocycles. The molecule has 0 aliphatic heterocycles. The second-order valence-corrected chi connectivity index (χ2v) is 10.9. The average Bonchev–Trinajstić information content (AvgIpc) is 3.33. The van der Waals surface area contributed by atoms with E-state index in [1.54, 1.807) is 0 Å². The van der Waals surface area contributed by atoms with E-state index in [9.17, 15) is 14.7 Å². The number of benzene rings is 2. The number of carboxylic acids is 1. The molecule has 2 aromatic rings. The lowest BCUT2D eigenvalue weighted by Crippen LogP contribution is -2.32. The largest absolute Gasteiger partial charge is 0.487 e. The van der Waals surface area contributed by atoms with Crippen LogP contribution in [0.3, 0.4) is 0 Å². The van der Waals surface area contributed by atoms with Gasteiger partial charge in [-0.15, -0.1) is 0 Å². The summed E-state index contributed by atoms with van der Waals surface area (Å²) in [5, 5.41) is 9.67. The summed E-state index contributed by atoms with van der Waals surface area (Å²) in [5.41, 5.74) is 1.86. The minimum atomic E-state index is -1.02. The summed E-state index contributed by atoms with van der Waals surface area (Å²) in [5.74, 6) is -0.152. The van der Waals surface area contributed by atoms with Crippen molar-refractivity contribution in [3.05, 3.63) is 59.4 Å². The minimum absolute atomic E-state index is 0.0857. The van der Waals surface area contributed by atoms with Crippen molar-refractivity contribution in [2.24, 2.45) is 11.3 Å². The van der Waals surface area contributed by atoms with E-state index in [-0.39, 0.29) is 28.0 Å². The molecule has 1 saturated carbocycles. The third kappa shape index (κ3) is 4.05. The molecule has 164 valence electrons. The Morgan fingerprint density at radius 3 is 2.35 bits per heavy atom. The van der Waals surface area contributed by atoms with Crippen LogP contribution in [0.5, 0.6) is 5.75 Å². The van der Waals surface area contributed by atoms with Crippen molar-refractivity contribution in [2.75, 3.05) is 0 Å². The Kier molecular flexibility index (Phi) is 6.48. The molecule has 2 aromatic carbocycles. The van der Waals surface area contributed by atoms with Crippen molar-refractivity contribution in [3.63, 3.8) is 0 Å². The maximum atomic E-state index is 13.3. The van der Waals surface area contributed by atoms with Crippen LogP contribution in [0, 0.1) is 11.3 Å². The molecule has 0 radical (unpaired) electrons. The van der Waals surface area contributed by atoms with Gasteiger partial charge in [0.15, 0.2) is 5.78 Å². The van der Waals surface area contributed by atoms with Crippen LogP contribution in [0.4, 0.5) is 0 Å². The normalized spacial score (nSPS) is 20.9. The summed E-state index contributed by atoms with van der Waals surface area (Å²) in [6.45, 7) is 2.19.